The molecule has 0 aliphatic carbocycles. The molecule has 1 rings (SSSR count). The van der Waals surface area contributed by atoms with Crippen LogP contribution in [0.25, 0.3) is 0 Å². The summed E-state index contributed by atoms with van der Waals surface area (Å²) in [6.45, 7) is 4.98. The number of hydrogen-bond acceptors (Lipinski definition) is 2. The predicted octanol–water partition coefficient (Wildman–Crippen LogP) is 2.72. The first-order valence-corrected chi connectivity index (χ1v) is 6.93. The third-order valence-electron chi connectivity index (χ3n) is 2.43. The van der Waals surface area contributed by atoms with Gasteiger partial charge in [-0.1, -0.05) is 34.1 Å². The Morgan fingerprint density at radius 1 is 1.25 bits per heavy atom. The fourth-order valence-corrected chi connectivity index (χ4v) is 1.58. The van der Waals surface area contributed by atoms with Crippen LogP contribution in [0.1, 0.15) is 13.8 Å². The minimum atomic E-state index is -1.98. The van der Waals surface area contributed by atoms with Crippen molar-refractivity contribution in [2.45, 2.75) is 13.8 Å². The van der Waals surface area contributed by atoms with Crippen LogP contribution in [0.15, 0.2) is 34.8 Å². The van der Waals surface area contributed by atoms with Crippen molar-refractivity contribution in [3.8, 4) is 0 Å². The zero-order valence-electron chi connectivity index (χ0n) is 9.85. The summed E-state index contributed by atoms with van der Waals surface area (Å²) in [4.78, 5) is 0. The Labute approximate surface area is 109 Å². The summed E-state index contributed by atoms with van der Waals surface area (Å²) in [6.07, 6.45) is 0. The lowest BCUT2D eigenvalue weighted by Gasteiger charge is -2.31. The molecule has 0 spiro atoms. The molecule has 0 aliphatic heterocycles. The van der Waals surface area contributed by atoms with Crippen molar-refractivity contribution in [2.75, 3.05) is 20.1 Å². The van der Waals surface area contributed by atoms with E-state index in [0.29, 0.717) is 13.1 Å². The molecule has 0 aromatic heterocycles. The van der Waals surface area contributed by atoms with Gasteiger partial charge in [0.1, 0.15) is 11.3 Å². The van der Waals surface area contributed by atoms with Crippen LogP contribution < -0.4 is 0 Å². The van der Waals surface area contributed by atoms with Crippen LogP contribution in [0, 0.1) is 0 Å². The SMILES string of the molecule is Brc1ccccc1.CC[N+](C)(CC)S(=O)[O-]. The third kappa shape index (κ3) is 5.75. The van der Waals surface area contributed by atoms with E-state index in [4.69, 9.17) is 0 Å². The Morgan fingerprint density at radius 3 is 1.81 bits per heavy atom. The van der Waals surface area contributed by atoms with Gasteiger partial charge in [0.05, 0.1) is 20.1 Å². The summed E-state index contributed by atoms with van der Waals surface area (Å²) in [7, 11) is 1.70. The molecule has 1 unspecified atom stereocenters. The minimum Gasteiger partial charge on any atom is -0.724 e. The first kappa shape index (κ1) is 15.8. The monoisotopic (exact) mass is 307 g/mol. The van der Waals surface area contributed by atoms with Gasteiger partial charge in [0, 0.05) is 4.47 Å². The Kier molecular flexibility index (Phi) is 7.83. The van der Waals surface area contributed by atoms with Crippen LogP contribution in [0.4, 0.5) is 0 Å². The van der Waals surface area contributed by atoms with Gasteiger partial charge >= 0.3 is 0 Å². The van der Waals surface area contributed by atoms with Crippen LogP contribution in [-0.2, 0) is 11.3 Å². The zero-order valence-corrected chi connectivity index (χ0v) is 12.3. The van der Waals surface area contributed by atoms with Gasteiger partial charge in [0.25, 0.3) is 0 Å². The average molecular weight is 308 g/mol. The van der Waals surface area contributed by atoms with E-state index in [9.17, 15) is 8.76 Å². The fraction of sp³-hybridized carbons (Fsp3) is 0.455. The van der Waals surface area contributed by atoms with E-state index in [1.807, 2.05) is 44.2 Å². The molecule has 3 nitrogen and oxygen atoms in total. The lowest BCUT2D eigenvalue weighted by molar-refractivity contribution is -0.780. The van der Waals surface area contributed by atoms with Gasteiger partial charge in [-0.15, -0.1) is 0 Å². The zero-order chi connectivity index (χ0) is 12.6. The Morgan fingerprint density at radius 2 is 1.69 bits per heavy atom. The second-order valence-corrected chi connectivity index (χ2v) is 5.67. The van der Waals surface area contributed by atoms with Crippen molar-refractivity contribution in [1.82, 2.24) is 0 Å². The molecule has 5 heteroatoms. The fourth-order valence-electron chi connectivity index (χ4n) is 0.849. The van der Waals surface area contributed by atoms with Crippen molar-refractivity contribution in [2.24, 2.45) is 0 Å². The van der Waals surface area contributed by atoms with E-state index in [1.165, 1.54) is 0 Å². The highest BCUT2D eigenvalue weighted by molar-refractivity contribution is 9.10. The number of benzene rings is 1. The first-order chi connectivity index (χ1) is 7.46. The van der Waals surface area contributed by atoms with Gasteiger partial charge in [-0.3, -0.25) is 3.89 Å². The molecule has 0 saturated carbocycles. The summed E-state index contributed by atoms with van der Waals surface area (Å²) < 4.78 is 22.2. The maximum atomic E-state index is 10.5. The van der Waals surface area contributed by atoms with Crippen LogP contribution in [0.2, 0.25) is 0 Å². The number of rotatable bonds is 3. The van der Waals surface area contributed by atoms with Crippen LogP contribution >= 0.6 is 15.9 Å². The van der Waals surface area contributed by atoms with E-state index in [0.717, 1.165) is 4.47 Å². The Balaban J connectivity index is 0.000000288. The van der Waals surface area contributed by atoms with Gasteiger partial charge < -0.3 is 4.55 Å². The molecule has 1 aromatic carbocycles. The summed E-state index contributed by atoms with van der Waals surface area (Å²) >= 11 is 1.33. The molecule has 16 heavy (non-hydrogen) atoms. The summed E-state index contributed by atoms with van der Waals surface area (Å²) in [5.74, 6) is 0. The van der Waals surface area contributed by atoms with E-state index in [2.05, 4.69) is 15.9 Å². The van der Waals surface area contributed by atoms with Crippen LogP contribution in [-0.4, -0.2) is 32.8 Å². The molecule has 1 atom stereocenters. The summed E-state index contributed by atoms with van der Waals surface area (Å²) in [5, 5.41) is 0. The quantitative estimate of drug-likeness (QED) is 0.636. The molecule has 0 aliphatic rings. The van der Waals surface area contributed by atoms with Gasteiger partial charge in [0.15, 0.2) is 0 Å². The maximum Gasteiger partial charge on any atom is 0.148 e. The molecule has 0 N–H and O–H groups in total. The van der Waals surface area contributed by atoms with E-state index >= 15 is 0 Å². The van der Waals surface area contributed by atoms with Gasteiger partial charge in [0.2, 0.25) is 0 Å². The summed E-state index contributed by atoms with van der Waals surface area (Å²) in [6, 6.07) is 9.97. The lowest BCUT2D eigenvalue weighted by Crippen LogP contribution is -2.44. The molecule has 0 fully saturated rings. The summed E-state index contributed by atoms with van der Waals surface area (Å²) in [5.41, 5.74) is 0. The predicted molar refractivity (Wildman–Crippen MR) is 70.3 cm³/mol. The smallest absolute Gasteiger partial charge is 0.148 e. The van der Waals surface area contributed by atoms with Crippen LogP contribution in [0.3, 0.4) is 0 Å². The molecule has 92 valence electrons. The van der Waals surface area contributed by atoms with Crippen LogP contribution in [0.5, 0.6) is 0 Å². The van der Waals surface area contributed by atoms with E-state index in [-0.39, 0.29) is 3.89 Å². The molecule has 0 amide bonds. The molecule has 0 saturated heterocycles. The normalized spacial score (nSPS) is 12.6. The topological polar surface area (TPSA) is 40.1 Å². The Bertz CT molecular complexity index is 315. The molecule has 0 radical (unpaired) electrons. The van der Waals surface area contributed by atoms with Crippen molar-refractivity contribution >= 4 is 27.2 Å². The Hall–Kier alpha value is -0.230. The second kappa shape index (κ2) is 7.95. The number of nitrogens with zero attached hydrogens (tertiary/aromatic N) is 1. The second-order valence-electron chi connectivity index (χ2n) is 3.44. The molecular formula is C11H18BrNO2S. The van der Waals surface area contributed by atoms with Crippen molar-refractivity contribution < 1.29 is 12.6 Å². The number of quaternary nitrogens is 1. The number of hydrogen-bond donors (Lipinski definition) is 0. The first-order valence-electron chi connectivity index (χ1n) is 5.11. The lowest BCUT2D eigenvalue weighted by atomic mass is 10.4. The van der Waals surface area contributed by atoms with Crippen molar-refractivity contribution in [3.63, 3.8) is 0 Å². The highest BCUT2D eigenvalue weighted by atomic mass is 79.9. The number of halogens is 1. The third-order valence-corrected chi connectivity index (χ3v) is 4.20. The van der Waals surface area contributed by atoms with Crippen molar-refractivity contribution in [3.05, 3.63) is 34.8 Å². The standard InChI is InChI=1S/C6H5Br.C5H13NO2S/c7-6-4-2-1-3-5-6;1-4-6(3,5-2)9(7)8/h1-5H;4-5H2,1-3H3. The molecule has 0 heterocycles. The van der Waals surface area contributed by atoms with Gasteiger partial charge in [-0.05, 0) is 26.0 Å². The van der Waals surface area contributed by atoms with Crippen molar-refractivity contribution in [1.29, 1.82) is 0 Å². The highest BCUT2D eigenvalue weighted by Gasteiger charge is 2.16. The molecular weight excluding hydrogens is 290 g/mol. The van der Waals surface area contributed by atoms with E-state index < -0.39 is 11.3 Å². The maximum absolute atomic E-state index is 10.5. The van der Waals surface area contributed by atoms with Gasteiger partial charge in [-0.25, -0.2) is 4.21 Å². The molecule has 1 aromatic rings. The van der Waals surface area contributed by atoms with Gasteiger partial charge in [-0.2, -0.15) is 0 Å². The average Bonchev–Trinajstić information content (AvgIpc) is 2.29. The largest absolute Gasteiger partial charge is 0.724 e. The highest BCUT2D eigenvalue weighted by Crippen LogP contribution is 2.05. The minimum absolute atomic E-state index is 0.111. The molecule has 0 bridgehead atoms. The van der Waals surface area contributed by atoms with E-state index in [1.54, 1.807) is 7.05 Å².